The first kappa shape index (κ1) is 16.2. The highest BCUT2D eigenvalue weighted by Crippen LogP contribution is 2.16. The van der Waals surface area contributed by atoms with E-state index in [1.54, 1.807) is 11.3 Å². The fourth-order valence-corrected chi connectivity index (χ4v) is 3.50. The molecule has 1 unspecified atom stereocenters. The van der Waals surface area contributed by atoms with Gasteiger partial charge in [0, 0.05) is 24.4 Å². The predicted octanol–water partition coefficient (Wildman–Crippen LogP) is 1.64. The van der Waals surface area contributed by atoms with Crippen LogP contribution >= 0.6 is 11.3 Å². The van der Waals surface area contributed by atoms with Gasteiger partial charge < -0.3 is 11.1 Å². The Morgan fingerprint density at radius 1 is 1.57 bits per heavy atom. The van der Waals surface area contributed by atoms with Crippen LogP contribution in [0.1, 0.15) is 37.4 Å². The van der Waals surface area contributed by atoms with E-state index in [0.717, 1.165) is 38.2 Å². The zero-order valence-corrected chi connectivity index (χ0v) is 14.0. The van der Waals surface area contributed by atoms with Gasteiger partial charge in [0.2, 0.25) is 0 Å². The minimum atomic E-state index is 0.559. The Kier molecular flexibility index (Phi) is 6.45. The van der Waals surface area contributed by atoms with E-state index in [-0.39, 0.29) is 0 Å². The molecule has 21 heavy (non-hydrogen) atoms. The van der Waals surface area contributed by atoms with E-state index >= 15 is 0 Å². The third-order valence-corrected chi connectivity index (χ3v) is 5.01. The molecule has 0 radical (unpaired) electrons. The molecule has 1 aromatic rings. The van der Waals surface area contributed by atoms with Gasteiger partial charge in [-0.2, -0.15) is 0 Å². The number of thiazole rings is 1. The molecular weight excluding hydrogens is 282 g/mol. The van der Waals surface area contributed by atoms with Crippen molar-refractivity contribution in [2.45, 2.75) is 45.6 Å². The van der Waals surface area contributed by atoms with Crippen molar-refractivity contribution < 1.29 is 0 Å². The highest BCUT2D eigenvalue weighted by atomic mass is 32.1. The third-order valence-electron chi connectivity index (χ3n) is 3.97. The lowest BCUT2D eigenvalue weighted by Crippen LogP contribution is -2.36. The quantitative estimate of drug-likeness (QED) is 0.593. The molecule has 2 rings (SSSR count). The normalized spacial score (nSPS) is 20.1. The van der Waals surface area contributed by atoms with Crippen LogP contribution < -0.4 is 11.1 Å². The average Bonchev–Trinajstić information content (AvgIpc) is 3.13. The molecule has 0 bridgehead atoms. The van der Waals surface area contributed by atoms with Crippen LogP contribution in [0.5, 0.6) is 0 Å². The highest BCUT2D eigenvalue weighted by Gasteiger charge is 2.22. The second-order valence-electron chi connectivity index (χ2n) is 5.41. The molecule has 3 N–H and O–H groups in total. The van der Waals surface area contributed by atoms with Gasteiger partial charge in [-0.3, -0.25) is 9.89 Å². The van der Waals surface area contributed by atoms with Gasteiger partial charge >= 0.3 is 0 Å². The van der Waals surface area contributed by atoms with Gasteiger partial charge in [0.1, 0.15) is 0 Å². The Bertz CT molecular complexity index is 457. The zero-order valence-electron chi connectivity index (χ0n) is 13.1. The van der Waals surface area contributed by atoms with Crippen molar-refractivity contribution in [3.63, 3.8) is 0 Å². The molecule has 0 aromatic carbocycles. The monoisotopic (exact) mass is 309 g/mol. The van der Waals surface area contributed by atoms with Crippen molar-refractivity contribution in [1.29, 1.82) is 0 Å². The summed E-state index contributed by atoms with van der Waals surface area (Å²) in [6, 6.07) is 0.570. The predicted molar refractivity (Wildman–Crippen MR) is 90.0 cm³/mol. The second-order valence-corrected chi connectivity index (χ2v) is 6.36. The standard InChI is InChI=1S/C15H27N5S/c1-3-14-19-12(11-21-14)7-8-17-15(16)18-10-13-6-5-9-20(13)4-2/h11,13H,3-10H2,1-2H3,(H3,16,17,18). The van der Waals surface area contributed by atoms with Crippen LogP contribution in [0.3, 0.4) is 0 Å². The molecule has 118 valence electrons. The van der Waals surface area contributed by atoms with Crippen molar-refractivity contribution in [1.82, 2.24) is 15.2 Å². The fraction of sp³-hybridized carbons (Fsp3) is 0.733. The summed E-state index contributed by atoms with van der Waals surface area (Å²) in [5.41, 5.74) is 7.08. The second kappa shape index (κ2) is 8.34. The number of aromatic nitrogens is 1. The van der Waals surface area contributed by atoms with E-state index in [1.165, 1.54) is 24.4 Å². The van der Waals surface area contributed by atoms with Crippen molar-refractivity contribution >= 4 is 17.3 Å². The molecule has 1 fully saturated rings. The average molecular weight is 309 g/mol. The third kappa shape index (κ3) is 4.97. The number of likely N-dealkylation sites (tertiary alicyclic amines) is 1. The number of rotatable bonds is 7. The lowest BCUT2D eigenvalue weighted by Gasteiger charge is -2.20. The Balaban J connectivity index is 1.68. The van der Waals surface area contributed by atoms with Crippen LogP contribution in [0.4, 0.5) is 0 Å². The molecule has 0 saturated carbocycles. The van der Waals surface area contributed by atoms with Gasteiger partial charge in [0.25, 0.3) is 0 Å². The molecule has 1 atom stereocenters. The number of aryl methyl sites for hydroxylation is 1. The fourth-order valence-electron chi connectivity index (χ4n) is 2.72. The summed E-state index contributed by atoms with van der Waals surface area (Å²) < 4.78 is 0. The zero-order chi connectivity index (χ0) is 15.1. The van der Waals surface area contributed by atoms with Gasteiger partial charge in [-0.05, 0) is 32.4 Å². The molecule has 1 aromatic heterocycles. The molecule has 6 heteroatoms. The van der Waals surface area contributed by atoms with Crippen LogP contribution in [0.2, 0.25) is 0 Å². The van der Waals surface area contributed by atoms with Crippen LogP contribution in [-0.2, 0) is 12.8 Å². The van der Waals surface area contributed by atoms with Gasteiger partial charge in [-0.1, -0.05) is 13.8 Å². The van der Waals surface area contributed by atoms with E-state index in [0.29, 0.717) is 12.0 Å². The maximum Gasteiger partial charge on any atom is 0.188 e. The molecule has 0 aliphatic carbocycles. The summed E-state index contributed by atoms with van der Waals surface area (Å²) in [5.74, 6) is 0.559. The van der Waals surface area contributed by atoms with E-state index in [1.807, 2.05) is 0 Å². The summed E-state index contributed by atoms with van der Waals surface area (Å²) in [6.07, 6.45) is 4.43. The Hall–Kier alpha value is -1.14. The van der Waals surface area contributed by atoms with Crippen LogP contribution in [0.25, 0.3) is 0 Å². The maximum absolute atomic E-state index is 5.94. The smallest absolute Gasteiger partial charge is 0.188 e. The lowest BCUT2D eigenvalue weighted by atomic mass is 10.2. The Labute approximate surface area is 131 Å². The molecule has 1 aliphatic heterocycles. The van der Waals surface area contributed by atoms with E-state index in [4.69, 9.17) is 5.73 Å². The Morgan fingerprint density at radius 3 is 3.14 bits per heavy atom. The number of nitrogens with one attached hydrogen (secondary N) is 1. The SMILES string of the molecule is CCc1nc(CCNC(N)=NCC2CCCN2CC)cs1. The minimum absolute atomic E-state index is 0.559. The molecule has 0 amide bonds. The number of hydrogen-bond donors (Lipinski definition) is 2. The van der Waals surface area contributed by atoms with Gasteiger partial charge in [-0.25, -0.2) is 4.98 Å². The lowest BCUT2D eigenvalue weighted by molar-refractivity contribution is 0.273. The van der Waals surface area contributed by atoms with Crippen molar-refractivity contribution in [2.75, 3.05) is 26.2 Å². The minimum Gasteiger partial charge on any atom is -0.370 e. The van der Waals surface area contributed by atoms with Gasteiger partial charge in [0.15, 0.2) is 5.96 Å². The van der Waals surface area contributed by atoms with Crippen LogP contribution in [0, 0.1) is 0 Å². The molecular formula is C15H27N5S. The summed E-state index contributed by atoms with van der Waals surface area (Å²) >= 11 is 1.73. The number of aliphatic imine (C=N–C) groups is 1. The van der Waals surface area contributed by atoms with Crippen LogP contribution in [0.15, 0.2) is 10.4 Å². The first-order chi connectivity index (χ1) is 10.2. The summed E-state index contributed by atoms with van der Waals surface area (Å²) in [7, 11) is 0. The van der Waals surface area contributed by atoms with E-state index < -0.39 is 0 Å². The molecule has 0 spiro atoms. The van der Waals surface area contributed by atoms with E-state index in [2.05, 4.69) is 39.4 Å². The number of hydrogen-bond acceptors (Lipinski definition) is 4. The first-order valence-corrected chi connectivity index (χ1v) is 8.82. The van der Waals surface area contributed by atoms with E-state index in [9.17, 15) is 0 Å². The number of nitrogens with two attached hydrogens (primary N) is 1. The largest absolute Gasteiger partial charge is 0.370 e. The van der Waals surface area contributed by atoms with Crippen molar-refractivity contribution in [3.8, 4) is 0 Å². The molecule has 1 aliphatic rings. The number of guanidine groups is 1. The summed E-state index contributed by atoms with van der Waals surface area (Å²) in [5, 5.41) is 6.52. The van der Waals surface area contributed by atoms with Crippen LogP contribution in [-0.4, -0.2) is 48.1 Å². The van der Waals surface area contributed by atoms with Gasteiger partial charge in [0.05, 0.1) is 17.2 Å². The summed E-state index contributed by atoms with van der Waals surface area (Å²) in [4.78, 5) is 11.5. The van der Waals surface area contributed by atoms with Crippen molar-refractivity contribution in [3.05, 3.63) is 16.1 Å². The first-order valence-electron chi connectivity index (χ1n) is 7.94. The molecule has 1 saturated heterocycles. The summed E-state index contributed by atoms with van der Waals surface area (Å²) in [6.45, 7) is 8.26. The molecule has 2 heterocycles. The van der Waals surface area contributed by atoms with Gasteiger partial charge in [-0.15, -0.1) is 11.3 Å². The highest BCUT2D eigenvalue weighted by molar-refractivity contribution is 7.09. The number of likely N-dealkylation sites (N-methyl/N-ethyl adjacent to an activating group) is 1. The Morgan fingerprint density at radius 2 is 2.43 bits per heavy atom. The number of nitrogens with zero attached hydrogens (tertiary/aromatic N) is 3. The molecule has 5 nitrogen and oxygen atoms in total. The topological polar surface area (TPSA) is 66.5 Å². The maximum atomic E-state index is 5.94. The van der Waals surface area contributed by atoms with Crippen molar-refractivity contribution in [2.24, 2.45) is 10.7 Å².